The lowest BCUT2D eigenvalue weighted by atomic mass is 10.1. The molecule has 0 radical (unpaired) electrons. The quantitative estimate of drug-likeness (QED) is 0.779. The molecule has 1 aromatic carbocycles. The zero-order valence-electron chi connectivity index (χ0n) is 11.5. The number of alkyl halides is 2. The van der Waals surface area contributed by atoms with Gasteiger partial charge in [-0.3, -0.25) is 0 Å². The van der Waals surface area contributed by atoms with Gasteiger partial charge in [-0.15, -0.1) is 0 Å². The van der Waals surface area contributed by atoms with Crippen LogP contribution < -0.4 is 10.1 Å². The Morgan fingerprint density at radius 2 is 1.95 bits per heavy atom. The summed E-state index contributed by atoms with van der Waals surface area (Å²) in [6.07, 6.45) is 3.12. The molecule has 0 amide bonds. The molecule has 0 heterocycles. The summed E-state index contributed by atoms with van der Waals surface area (Å²) in [6, 6.07) is 7.24. The Bertz CT molecular complexity index is 376. The largest absolute Gasteiger partial charge is 0.434 e. The normalized spacial score (nSPS) is 14.4. The lowest BCUT2D eigenvalue weighted by Gasteiger charge is -2.22. The Morgan fingerprint density at radius 3 is 2.58 bits per heavy atom. The lowest BCUT2D eigenvalue weighted by molar-refractivity contribution is -0.0506. The lowest BCUT2D eigenvalue weighted by Crippen LogP contribution is -2.29. The summed E-state index contributed by atoms with van der Waals surface area (Å²) in [6.45, 7) is 1.27. The number of para-hydroxylation sites is 1. The molecule has 0 aliphatic heterocycles. The van der Waals surface area contributed by atoms with E-state index in [1.165, 1.54) is 0 Å². The fraction of sp³-hybridized carbons (Fsp3) is 0.571. The third kappa shape index (κ3) is 5.78. The van der Waals surface area contributed by atoms with Gasteiger partial charge in [0.2, 0.25) is 0 Å². The van der Waals surface area contributed by atoms with Crippen LogP contribution in [0.5, 0.6) is 5.75 Å². The highest BCUT2D eigenvalue weighted by Crippen LogP contribution is 2.26. The standard InChI is InChI=1S/C14H21F2NOS/c1-10(8-9-19-3)17-11(2)12-6-4-5-7-13(12)18-14(15)16/h4-7,10-11,14,17H,8-9H2,1-3H3. The van der Waals surface area contributed by atoms with E-state index in [9.17, 15) is 8.78 Å². The van der Waals surface area contributed by atoms with Crippen molar-refractivity contribution >= 4 is 11.8 Å². The first-order valence-corrected chi connectivity index (χ1v) is 7.72. The van der Waals surface area contributed by atoms with E-state index < -0.39 is 6.61 Å². The molecule has 19 heavy (non-hydrogen) atoms. The number of rotatable bonds is 8. The van der Waals surface area contributed by atoms with E-state index in [0.29, 0.717) is 6.04 Å². The van der Waals surface area contributed by atoms with Crippen molar-refractivity contribution in [2.75, 3.05) is 12.0 Å². The van der Waals surface area contributed by atoms with Crippen LogP contribution >= 0.6 is 11.8 Å². The van der Waals surface area contributed by atoms with Crippen LogP contribution in [0.25, 0.3) is 0 Å². The molecule has 2 unspecified atom stereocenters. The van der Waals surface area contributed by atoms with Crippen molar-refractivity contribution in [2.45, 2.75) is 39.0 Å². The smallest absolute Gasteiger partial charge is 0.387 e. The Kier molecular flexibility index (Phi) is 7.16. The Labute approximate surface area is 117 Å². The van der Waals surface area contributed by atoms with Crippen molar-refractivity contribution in [3.05, 3.63) is 29.8 Å². The van der Waals surface area contributed by atoms with Gasteiger partial charge in [-0.05, 0) is 38.3 Å². The van der Waals surface area contributed by atoms with Gasteiger partial charge in [0.05, 0.1) is 0 Å². The van der Waals surface area contributed by atoms with Crippen molar-refractivity contribution < 1.29 is 13.5 Å². The maximum Gasteiger partial charge on any atom is 0.387 e. The minimum absolute atomic E-state index is 0.0215. The minimum atomic E-state index is -2.79. The van der Waals surface area contributed by atoms with Crippen LogP contribution in [-0.4, -0.2) is 24.7 Å². The molecular formula is C14H21F2NOS. The highest BCUT2D eigenvalue weighted by Gasteiger charge is 2.15. The number of nitrogens with one attached hydrogen (secondary N) is 1. The molecule has 0 saturated carbocycles. The second kappa shape index (κ2) is 8.38. The zero-order chi connectivity index (χ0) is 14.3. The molecule has 108 valence electrons. The Balaban J connectivity index is 2.67. The molecule has 5 heteroatoms. The molecular weight excluding hydrogens is 268 g/mol. The molecule has 2 nitrogen and oxygen atoms in total. The first-order chi connectivity index (χ1) is 9.04. The van der Waals surface area contributed by atoms with Gasteiger partial charge in [-0.2, -0.15) is 20.5 Å². The van der Waals surface area contributed by atoms with Gasteiger partial charge in [-0.25, -0.2) is 0 Å². The van der Waals surface area contributed by atoms with E-state index in [-0.39, 0.29) is 11.8 Å². The van der Waals surface area contributed by atoms with Crippen LogP contribution in [0.2, 0.25) is 0 Å². The van der Waals surface area contributed by atoms with Gasteiger partial charge >= 0.3 is 6.61 Å². The molecule has 1 N–H and O–H groups in total. The molecule has 1 aromatic rings. The van der Waals surface area contributed by atoms with Gasteiger partial charge in [0.25, 0.3) is 0 Å². The Hall–Kier alpha value is -0.810. The molecule has 0 bridgehead atoms. The summed E-state index contributed by atoms with van der Waals surface area (Å²) in [5.74, 6) is 1.32. The van der Waals surface area contributed by atoms with Crippen LogP contribution in [0.3, 0.4) is 0 Å². The molecule has 2 atom stereocenters. The van der Waals surface area contributed by atoms with E-state index in [4.69, 9.17) is 0 Å². The zero-order valence-corrected chi connectivity index (χ0v) is 12.3. The summed E-state index contributed by atoms with van der Waals surface area (Å²) in [7, 11) is 0. The molecule has 0 aliphatic rings. The van der Waals surface area contributed by atoms with Crippen molar-refractivity contribution in [2.24, 2.45) is 0 Å². The van der Waals surface area contributed by atoms with Gasteiger partial charge in [0.15, 0.2) is 0 Å². The molecule has 1 rings (SSSR count). The number of halogens is 2. The van der Waals surface area contributed by atoms with Crippen LogP contribution in [-0.2, 0) is 0 Å². The number of hydrogen-bond acceptors (Lipinski definition) is 3. The van der Waals surface area contributed by atoms with Gasteiger partial charge < -0.3 is 10.1 Å². The van der Waals surface area contributed by atoms with Crippen molar-refractivity contribution in [3.8, 4) is 5.75 Å². The number of hydrogen-bond donors (Lipinski definition) is 1. The van der Waals surface area contributed by atoms with E-state index in [0.717, 1.165) is 17.7 Å². The Morgan fingerprint density at radius 1 is 1.26 bits per heavy atom. The molecule has 0 aromatic heterocycles. The van der Waals surface area contributed by atoms with Crippen LogP contribution in [0, 0.1) is 0 Å². The van der Waals surface area contributed by atoms with Crippen molar-refractivity contribution in [1.29, 1.82) is 0 Å². The summed E-state index contributed by atoms with van der Waals surface area (Å²) in [5.41, 5.74) is 0.763. The van der Waals surface area contributed by atoms with Crippen LogP contribution in [0.15, 0.2) is 24.3 Å². The monoisotopic (exact) mass is 289 g/mol. The van der Waals surface area contributed by atoms with Gasteiger partial charge in [0, 0.05) is 17.6 Å². The highest BCUT2D eigenvalue weighted by atomic mass is 32.2. The van der Waals surface area contributed by atoms with E-state index in [1.54, 1.807) is 23.9 Å². The first kappa shape index (κ1) is 16.2. The fourth-order valence-corrected chi connectivity index (χ4v) is 2.53. The van der Waals surface area contributed by atoms with Crippen molar-refractivity contribution in [1.82, 2.24) is 5.32 Å². The average Bonchev–Trinajstić information content (AvgIpc) is 2.36. The highest BCUT2D eigenvalue weighted by molar-refractivity contribution is 7.98. The van der Waals surface area contributed by atoms with E-state index in [2.05, 4.69) is 23.2 Å². The molecule has 0 saturated heterocycles. The summed E-state index contributed by atoms with van der Waals surface area (Å²) in [5, 5.41) is 3.41. The maximum absolute atomic E-state index is 12.3. The first-order valence-electron chi connectivity index (χ1n) is 6.33. The van der Waals surface area contributed by atoms with E-state index in [1.807, 2.05) is 19.1 Å². The molecule has 0 fully saturated rings. The van der Waals surface area contributed by atoms with Gasteiger partial charge in [0.1, 0.15) is 5.75 Å². The second-order valence-corrected chi connectivity index (χ2v) is 5.47. The molecule has 0 spiro atoms. The third-order valence-corrected chi connectivity index (χ3v) is 3.54. The predicted octanol–water partition coefficient (Wildman–Crippen LogP) is 4.08. The SMILES string of the molecule is CSCCC(C)NC(C)c1ccccc1OC(F)F. The second-order valence-electron chi connectivity index (χ2n) is 4.49. The molecule has 0 aliphatic carbocycles. The third-order valence-electron chi connectivity index (χ3n) is 2.89. The minimum Gasteiger partial charge on any atom is -0.434 e. The van der Waals surface area contributed by atoms with E-state index >= 15 is 0 Å². The van der Waals surface area contributed by atoms with Gasteiger partial charge in [-0.1, -0.05) is 18.2 Å². The average molecular weight is 289 g/mol. The number of benzene rings is 1. The number of thioether (sulfide) groups is 1. The summed E-state index contributed by atoms with van der Waals surface area (Å²) >= 11 is 1.80. The maximum atomic E-state index is 12.3. The van der Waals surface area contributed by atoms with Crippen LogP contribution in [0.4, 0.5) is 8.78 Å². The summed E-state index contributed by atoms with van der Waals surface area (Å²) in [4.78, 5) is 0. The fourth-order valence-electron chi connectivity index (χ4n) is 1.94. The number of ether oxygens (including phenoxy) is 1. The summed E-state index contributed by atoms with van der Waals surface area (Å²) < 4.78 is 29.2. The van der Waals surface area contributed by atoms with Crippen molar-refractivity contribution in [3.63, 3.8) is 0 Å². The van der Waals surface area contributed by atoms with Crippen LogP contribution in [0.1, 0.15) is 31.9 Å². The topological polar surface area (TPSA) is 21.3 Å². The predicted molar refractivity (Wildman–Crippen MR) is 77.1 cm³/mol.